The molecule has 1 aromatic heterocycles. The molecule has 1 heterocycles. The lowest BCUT2D eigenvalue weighted by Gasteiger charge is -2.06. The van der Waals surface area contributed by atoms with Gasteiger partial charge in [0.15, 0.2) is 5.69 Å². The molecule has 0 unspecified atom stereocenters. The van der Waals surface area contributed by atoms with E-state index in [9.17, 15) is 4.79 Å². The Hall–Kier alpha value is -3.12. The van der Waals surface area contributed by atoms with Crippen LogP contribution in [-0.4, -0.2) is 34.8 Å². The van der Waals surface area contributed by atoms with Gasteiger partial charge in [-0.15, -0.1) is 0 Å². The zero-order valence-corrected chi connectivity index (χ0v) is 14.4. The lowest BCUT2D eigenvalue weighted by Crippen LogP contribution is -2.04. The van der Waals surface area contributed by atoms with Crippen molar-refractivity contribution in [3.63, 3.8) is 0 Å². The third kappa shape index (κ3) is 4.10. The van der Waals surface area contributed by atoms with Crippen molar-refractivity contribution in [2.45, 2.75) is 12.8 Å². The summed E-state index contributed by atoms with van der Waals surface area (Å²) in [6.45, 7) is 0.0646. The first-order chi connectivity index (χ1) is 12.7. The maximum Gasteiger partial charge on any atom is 0.356 e. The Morgan fingerprint density at radius 1 is 1.08 bits per heavy atom. The van der Waals surface area contributed by atoms with Crippen LogP contribution in [0.1, 0.15) is 22.7 Å². The van der Waals surface area contributed by atoms with E-state index < -0.39 is 5.97 Å². The van der Waals surface area contributed by atoms with Gasteiger partial charge in [-0.3, -0.25) is 0 Å². The molecule has 26 heavy (non-hydrogen) atoms. The average Bonchev–Trinajstić information content (AvgIpc) is 3.11. The topological polar surface area (TPSA) is 84.4 Å². The first kappa shape index (κ1) is 17.7. The van der Waals surface area contributed by atoms with Crippen LogP contribution in [-0.2, 0) is 11.2 Å². The van der Waals surface area contributed by atoms with E-state index in [0.717, 1.165) is 11.3 Å². The second kappa shape index (κ2) is 8.31. The van der Waals surface area contributed by atoms with E-state index in [0.29, 0.717) is 35.8 Å². The average molecular weight is 352 g/mol. The van der Waals surface area contributed by atoms with Gasteiger partial charge in [-0.1, -0.05) is 18.2 Å². The van der Waals surface area contributed by atoms with Gasteiger partial charge in [-0.05, 0) is 42.8 Å². The summed E-state index contributed by atoms with van der Waals surface area (Å²) in [6, 6.07) is 16.8. The van der Waals surface area contributed by atoms with Crippen LogP contribution in [0.2, 0.25) is 0 Å². The summed E-state index contributed by atoms with van der Waals surface area (Å²) < 4.78 is 10.6. The first-order valence-electron chi connectivity index (χ1n) is 8.32. The van der Waals surface area contributed by atoms with Crippen molar-refractivity contribution in [2.75, 3.05) is 13.7 Å². The highest BCUT2D eigenvalue weighted by atomic mass is 16.5. The summed E-state index contributed by atoms with van der Waals surface area (Å²) in [5.41, 5.74) is 1.60. The van der Waals surface area contributed by atoms with Crippen LogP contribution >= 0.6 is 0 Å². The predicted octanol–water partition coefficient (Wildman–Crippen LogP) is 3.58. The molecule has 0 aliphatic carbocycles. The second-order valence-electron chi connectivity index (χ2n) is 5.67. The van der Waals surface area contributed by atoms with Gasteiger partial charge in [0.05, 0.1) is 7.11 Å². The molecule has 2 aromatic carbocycles. The van der Waals surface area contributed by atoms with Gasteiger partial charge in [0.25, 0.3) is 0 Å². The fourth-order valence-electron chi connectivity index (χ4n) is 2.55. The van der Waals surface area contributed by atoms with Gasteiger partial charge in [0.2, 0.25) is 0 Å². The standard InChI is InChI=1S/C20H20N2O4/c1-25-20(24)19-18(21-17(22-19)8-5-13-23)14-9-11-16(12-10-14)26-15-6-3-2-4-7-15/h2-4,6-7,9-12,23H,5,8,13H2,1H3,(H,21,22). The SMILES string of the molecule is COC(=O)c1[nH]c(CCCO)nc1-c1ccc(Oc2ccccc2)cc1. The number of aromatic amines is 1. The third-order valence-electron chi connectivity index (χ3n) is 3.82. The summed E-state index contributed by atoms with van der Waals surface area (Å²) in [7, 11) is 1.33. The molecule has 3 rings (SSSR count). The molecular formula is C20H20N2O4. The number of aliphatic hydroxyl groups is 1. The van der Waals surface area contributed by atoms with Gasteiger partial charge in [-0.25, -0.2) is 9.78 Å². The van der Waals surface area contributed by atoms with Crippen molar-refractivity contribution < 1.29 is 19.4 Å². The number of hydrogen-bond donors (Lipinski definition) is 2. The van der Waals surface area contributed by atoms with Crippen molar-refractivity contribution in [3.8, 4) is 22.8 Å². The number of carbonyl (C=O) groups is 1. The maximum atomic E-state index is 12.0. The van der Waals surface area contributed by atoms with E-state index in [1.165, 1.54) is 7.11 Å². The summed E-state index contributed by atoms with van der Waals surface area (Å²) in [6.07, 6.45) is 1.12. The lowest BCUT2D eigenvalue weighted by molar-refractivity contribution is 0.0595. The van der Waals surface area contributed by atoms with Crippen molar-refractivity contribution in [1.82, 2.24) is 9.97 Å². The Morgan fingerprint density at radius 3 is 2.42 bits per heavy atom. The quantitative estimate of drug-likeness (QED) is 0.635. The van der Waals surface area contributed by atoms with E-state index in [-0.39, 0.29) is 6.61 Å². The summed E-state index contributed by atoms with van der Waals surface area (Å²) in [4.78, 5) is 19.5. The highest BCUT2D eigenvalue weighted by Gasteiger charge is 2.19. The molecule has 0 atom stereocenters. The number of methoxy groups -OCH3 is 1. The monoisotopic (exact) mass is 352 g/mol. The number of ether oxygens (including phenoxy) is 2. The molecule has 0 aliphatic rings. The minimum Gasteiger partial charge on any atom is -0.464 e. The molecule has 0 bridgehead atoms. The number of carbonyl (C=O) groups excluding carboxylic acids is 1. The molecule has 0 fully saturated rings. The van der Waals surface area contributed by atoms with E-state index >= 15 is 0 Å². The number of aliphatic hydroxyl groups excluding tert-OH is 1. The van der Waals surface area contributed by atoms with Gasteiger partial charge in [0.1, 0.15) is 23.0 Å². The number of aryl methyl sites for hydroxylation is 1. The van der Waals surface area contributed by atoms with E-state index in [1.54, 1.807) is 0 Å². The minimum atomic E-state index is -0.479. The largest absolute Gasteiger partial charge is 0.464 e. The van der Waals surface area contributed by atoms with Gasteiger partial charge in [0, 0.05) is 18.6 Å². The van der Waals surface area contributed by atoms with Crippen LogP contribution in [0.25, 0.3) is 11.3 Å². The Labute approximate surface area is 151 Å². The number of rotatable bonds is 7. The number of para-hydroxylation sites is 1. The van der Waals surface area contributed by atoms with E-state index in [4.69, 9.17) is 14.6 Å². The Morgan fingerprint density at radius 2 is 1.77 bits per heavy atom. The normalized spacial score (nSPS) is 10.5. The molecule has 0 saturated heterocycles. The van der Waals surface area contributed by atoms with Crippen LogP contribution in [0.15, 0.2) is 54.6 Å². The van der Waals surface area contributed by atoms with Crippen LogP contribution in [0.4, 0.5) is 0 Å². The molecule has 2 N–H and O–H groups in total. The summed E-state index contributed by atoms with van der Waals surface area (Å²) in [5, 5.41) is 8.98. The number of benzene rings is 2. The third-order valence-corrected chi connectivity index (χ3v) is 3.82. The van der Waals surface area contributed by atoms with Crippen molar-refractivity contribution >= 4 is 5.97 Å². The maximum absolute atomic E-state index is 12.0. The van der Waals surface area contributed by atoms with Crippen LogP contribution in [0, 0.1) is 0 Å². The molecule has 0 spiro atoms. The molecule has 134 valence electrons. The van der Waals surface area contributed by atoms with Crippen molar-refractivity contribution in [3.05, 3.63) is 66.1 Å². The first-order valence-corrected chi connectivity index (χ1v) is 8.32. The highest BCUT2D eigenvalue weighted by molar-refractivity contribution is 5.94. The zero-order valence-electron chi connectivity index (χ0n) is 14.4. The van der Waals surface area contributed by atoms with Crippen LogP contribution in [0.3, 0.4) is 0 Å². The fraction of sp³-hybridized carbons (Fsp3) is 0.200. The minimum absolute atomic E-state index is 0.0646. The molecule has 3 aromatic rings. The predicted molar refractivity (Wildman–Crippen MR) is 97.3 cm³/mol. The van der Waals surface area contributed by atoms with Gasteiger partial charge in [-0.2, -0.15) is 0 Å². The highest BCUT2D eigenvalue weighted by Crippen LogP contribution is 2.27. The second-order valence-corrected chi connectivity index (χ2v) is 5.67. The van der Waals surface area contributed by atoms with Gasteiger partial charge < -0.3 is 19.6 Å². The van der Waals surface area contributed by atoms with E-state index in [2.05, 4.69) is 9.97 Å². The number of nitrogens with one attached hydrogen (secondary N) is 1. The number of aromatic nitrogens is 2. The van der Waals surface area contributed by atoms with Crippen LogP contribution < -0.4 is 4.74 Å². The number of H-pyrrole nitrogens is 1. The molecule has 0 amide bonds. The molecule has 0 aliphatic heterocycles. The lowest BCUT2D eigenvalue weighted by atomic mass is 10.1. The molecule has 6 nitrogen and oxygen atoms in total. The Balaban J connectivity index is 1.85. The smallest absolute Gasteiger partial charge is 0.356 e. The number of imidazole rings is 1. The molecule has 6 heteroatoms. The van der Waals surface area contributed by atoms with E-state index in [1.807, 2.05) is 54.6 Å². The molecule has 0 radical (unpaired) electrons. The summed E-state index contributed by atoms with van der Waals surface area (Å²) >= 11 is 0. The molecular weight excluding hydrogens is 332 g/mol. The van der Waals surface area contributed by atoms with Gasteiger partial charge >= 0.3 is 5.97 Å². The van der Waals surface area contributed by atoms with Crippen molar-refractivity contribution in [1.29, 1.82) is 0 Å². The Kier molecular flexibility index (Phi) is 5.66. The Bertz CT molecular complexity index is 857. The number of esters is 1. The number of hydrogen-bond acceptors (Lipinski definition) is 5. The van der Waals surface area contributed by atoms with Crippen molar-refractivity contribution in [2.24, 2.45) is 0 Å². The zero-order chi connectivity index (χ0) is 18.4. The summed E-state index contributed by atoms with van der Waals surface area (Å²) in [5.74, 6) is 1.60. The number of nitrogens with zero attached hydrogens (tertiary/aromatic N) is 1. The molecule has 0 saturated carbocycles. The fourth-order valence-corrected chi connectivity index (χ4v) is 2.55. The van der Waals surface area contributed by atoms with Crippen LogP contribution in [0.5, 0.6) is 11.5 Å².